The lowest BCUT2D eigenvalue weighted by Gasteiger charge is -1.98. The Hall–Kier alpha value is -0.610. The molecule has 0 aliphatic rings. The van der Waals surface area contributed by atoms with Gasteiger partial charge in [0.1, 0.15) is 0 Å². The molecule has 0 aliphatic heterocycles. The standard InChI is InChI=1S/C14H11IS/c1-8-3-4-10-11-7-12(15)9(2)6-14(11)16-13(10)5-8/h3-7H,1-2H3. The van der Waals surface area contributed by atoms with Gasteiger partial charge in [0, 0.05) is 23.7 Å². The predicted octanol–water partition coefficient (Wildman–Crippen LogP) is 5.28. The van der Waals surface area contributed by atoms with Gasteiger partial charge in [-0.05, 0) is 65.8 Å². The summed E-state index contributed by atoms with van der Waals surface area (Å²) in [6, 6.07) is 11.3. The molecule has 0 spiro atoms. The van der Waals surface area contributed by atoms with Gasteiger partial charge in [0.25, 0.3) is 0 Å². The zero-order valence-corrected chi connectivity index (χ0v) is 12.1. The minimum absolute atomic E-state index is 1.34. The molecule has 0 atom stereocenters. The molecule has 0 amide bonds. The highest BCUT2D eigenvalue weighted by molar-refractivity contribution is 14.1. The van der Waals surface area contributed by atoms with E-state index in [9.17, 15) is 0 Å². The first-order chi connectivity index (χ1) is 7.65. The zero-order valence-electron chi connectivity index (χ0n) is 9.17. The fourth-order valence-electron chi connectivity index (χ4n) is 2.00. The summed E-state index contributed by atoms with van der Waals surface area (Å²) < 4.78 is 4.15. The lowest BCUT2D eigenvalue weighted by molar-refractivity contribution is 1.47. The smallest absolute Gasteiger partial charge is 0.0358 e. The van der Waals surface area contributed by atoms with Crippen LogP contribution in [0.2, 0.25) is 0 Å². The molecule has 80 valence electrons. The van der Waals surface area contributed by atoms with Crippen LogP contribution in [0.3, 0.4) is 0 Å². The second kappa shape index (κ2) is 3.70. The van der Waals surface area contributed by atoms with Crippen molar-refractivity contribution in [1.82, 2.24) is 0 Å². The van der Waals surface area contributed by atoms with Crippen LogP contribution in [0.5, 0.6) is 0 Å². The Morgan fingerprint density at radius 3 is 2.50 bits per heavy atom. The van der Waals surface area contributed by atoms with Crippen LogP contribution in [0.25, 0.3) is 20.2 Å². The average Bonchev–Trinajstić information content (AvgIpc) is 2.55. The van der Waals surface area contributed by atoms with Crippen molar-refractivity contribution >= 4 is 54.1 Å². The van der Waals surface area contributed by atoms with E-state index in [-0.39, 0.29) is 0 Å². The van der Waals surface area contributed by atoms with E-state index >= 15 is 0 Å². The number of aryl methyl sites for hydroxylation is 2. The minimum atomic E-state index is 1.34. The third-order valence-electron chi connectivity index (χ3n) is 2.91. The first kappa shape index (κ1) is 10.5. The second-order valence-corrected chi connectivity index (χ2v) is 6.45. The number of rotatable bonds is 0. The van der Waals surface area contributed by atoms with Crippen molar-refractivity contribution in [2.75, 3.05) is 0 Å². The first-order valence-corrected chi connectivity index (χ1v) is 7.14. The Morgan fingerprint density at radius 2 is 1.69 bits per heavy atom. The van der Waals surface area contributed by atoms with Crippen molar-refractivity contribution in [3.05, 3.63) is 45.0 Å². The van der Waals surface area contributed by atoms with Crippen LogP contribution in [0, 0.1) is 17.4 Å². The fraction of sp³-hybridized carbons (Fsp3) is 0.143. The highest BCUT2D eigenvalue weighted by Crippen LogP contribution is 2.36. The van der Waals surface area contributed by atoms with E-state index in [4.69, 9.17) is 0 Å². The van der Waals surface area contributed by atoms with E-state index in [0.29, 0.717) is 0 Å². The molecule has 0 N–H and O–H groups in total. The highest BCUT2D eigenvalue weighted by Gasteiger charge is 2.06. The SMILES string of the molecule is Cc1ccc2c(c1)sc1cc(C)c(I)cc12. The number of hydrogen-bond donors (Lipinski definition) is 0. The first-order valence-electron chi connectivity index (χ1n) is 5.24. The third kappa shape index (κ3) is 1.55. The molecule has 0 unspecified atom stereocenters. The van der Waals surface area contributed by atoms with Gasteiger partial charge in [-0.1, -0.05) is 12.1 Å². The summed E-state index contributed by atoms with van der Waals surface area (Å²) in [5.41, 5.74) is 2.71. The van der Waals surface area contributed by atoms with Crippen molar-refractivity contribution in [1.29, 1.82) is 0 Å². The summed E-state index contributed by atoms with van der Waals surface area (Å²) in [5.74, 6) is 0. The number of thiophene rings is 1. The summed E-state index contributed by atoms with van der Waals surface area (Å²) in [4.78, 5) is 0. The van der Waals surface area contributed by atoms with Crippen molar-refractivity contribution in [3.8, 4) is 0 Å². The second-order valence-electron chi connectivity index (χ2n) is 4.20. The van der Waals surface area contributed by atoms with Crippen LogP contribution in [0.1, 0.15) is 11.1 Å². The molecule has 0 aliphatic carbocycles. The molecule has 0 saturated carbocycles. The molecule has 16 heavy (non-hydrogen) atoms. The van der Waals surface area contributed by atoms with E-state index < -0.39 is 0 Å². The Bertz CT molecular complexity index is 695. The van der Waals surface area contributed by atoms with Gasteiger partial charge in [-0.2, -0.15) is 0 Å². The molecular weight excluding hydrogens is 327 g/mol. The Morgan fingerprint density at radius 1 is 0.938 bits per heavy atom. The molecule has 3 rings (SSSR count). The maximum absolute atomic E-state index is 2.41. The van der Waals surface area contributed by atoms with Crippen LogP contribution in [0.15, 0.2) is 30.3 Å². The third-order valence-corrected chi connectivity index (χ3v) is 5.19. The Labute approximate surface area is 112 Å². The number of benzene rings is 2. The molecule has 2 heteroatoms. The monoisotopic (exact) mass is 338 g/mol. The zero-order chi connectivity index (χ0) is 11.3. The summed E-state index contributed by atoms with van der Waals surface area (Å²) in [7, 11) is 0. The summed E-state index contributed by atoms with van der Waals surface area (Å²) in [6.45, 7) is 4.33. The Balaban J connectivity index is 2.51. The predicted molar refractivity (Wildman–Crippen MR) is 81.5 cm³/mol. The molecule has 1 aromatic heterocycles. The van der Waals surface area contributed by atoms with Crippen molar-refractivity contribution in [2.45, 2.75) is 13.8 Å². The van der Waals surface area contributed by atoms with Gasteiger partial charge in [0.2, 0.25) is 0 Å². The maximum atomic E-state index is 2.41. The summed E-state index contributed by atoms with van der Waals surface area (Å²) >= 11 is 4.31. The van der Waals surface area contributed by atoms with Crippen molar-refractivity contribution < 1.29 is 0 Å². The van der Waals surface area contributed by atoms with E-state index in [1.807, 2.05) is 11.3 Å². The normalized spacial score (nSPS) is 11.4. The molecule has 0 saturated heterocycles. The van der Waals surface area contributed by atoms with Crippen LogP contribution in [-0.4, -0.2) is 0 Å². The maximum Gasteiger partial charge on any atom is 0.0358 e. The molecule has 3 aromatic rings. The molecule has 0 fully saturated rings. The fourth-order valence-corrected chi connectivity index (χ4v) is 3.76. The van der Waals surface area contributed by atoms with Gasteiger partial charge in [-0.15, -0.1) is 11.3 Å². The van der Waals surface area contributed by atoms with Gasteiger partial charge in [0.15, 0.2) is 0 Å². The van der Waals surface area contributed by atoms with E-state index in [2.05, 4.69) is 66.8 Å². The van der Waals surface area contributed by atoms with E-state index in [0.717, 1.165) is 0 Å². The van der Waals surface area contributed by atoms with Crippen molar-refractivity contribution in [2.24, 2.45) is 0 Å². The number of halogens is 1. The molecular formula is C14H11IS. The molecule has 0 radical (unpaired) electrons. The molecule has 1 heterocycles. The van der Waals surface area contributed by atoms with Gasteiger partial charge >= 0.3 is 0 Å². The van der Waals surface area contributed by atoms with Crippen LogP contribution in [-0.2, 0) is 0 Å². The Kier molecular flexibility index (Phi) is 2.44. The molecule has 0 nitrogen and oxygen atoms in total. The average molecular weight is 338 g/mol. The lowest BCUT2D eigenvalue weighted by Crippen LogP contribution is -1.78. The van der Waals surface area contributed by atoms with Crippen LogP contribution in [0.4, 0.5) is 0 Å². The van der Waals surface area contributed by atoms with Crippen LogP contribution >= 0.6 is 33.9 Å². The summed E-state index contributed by atoms with van der Waals surface area (Å²) in [5, 5.41) is 2.79. The van der Waals surface area contributed by atoms with Crippen molar-refractivity contribution in [3.63, 3.8) is 0 Å². The van der Waals surface area contributed by atoms with E-state index in [1.54, 1.807) is 0 Å². The highest BCUT2D eigenvalue weighted by atomic mass is 127. The molecule has 0 bridgehead atoms. The number of hydrogen-bond acceptors (Lipinski definition) is 1. The van der Waals surface area contributed by atoms with Gasteiger partial charge in [-0.3, -0.25) is 0 Å². The minimum Gasteiger partial charge on any atom is -0.135 e. The van der Waals surface area contributed by atoms with Gasteiger partial charge < -0.3 is 0 Å². The van der Waals surface area contributed by atoms with Crippen LogP contribution < -0.4 is 0 Å². The van der Waals surface area contributed by atoms with Gasteiger partial charge in [-0.25, -0.2) is 0 Å². The lowest BCUT2D eigenvalue weighted by atomic mass is 10.1. The summed E-state index contributed by atoms with van der Waals surface area (Å²) in [6.07, 6.45) is 0. The quantitative estimate of drug-likeness (QED) is 0.490. The topological polar surface area (TPSA) is 0 Å². The number of fused-ring (bicyclic) bond motifs is 3. The largest absolute Gasteiger partial charge is 0.135 e. The van der Waals surface area contributed by atoms with Gasteiger partial charge in [0.05, 0.1) is 0 Å². The van der Waals surface area contributed by atoms with E-state index in [1.165, 1.54) is 34.9 Å². The molecule has 2 aromatic carbocycles.